The lowest BCUT2D eigenvalue weighted by Gasteiger charge is -2.16. The van der Waals surface area contributed by atoms with Gasteiger partial charge in [-0.25, -0.2) is 4.68 Å². The third kappa shape index (κ3) is 3.42. The molecule has 0 spiro atoms. The van der Waals surface area contributed by atoms with Crippen molar-refractivity contribution in [3.8, 4) is 5.82 Å². The fourth-order valence-corrected chi connectivity index (χ4v) is 3.03. The van der Waals surface area contributed by atoms with E-state index in [9.17, 15) is 4.79 Å². The molecule has 3 heterocycles. The smallest absolute Gasteiger partial charge is 0.227 e. The van der Waals surface area contributed by atoms with Crippen LogP contribution in [-0.4, -0.2) is 32.4 Å². The molecule has 0 radical (unpaired) electrons. The Morgan fingerprint density at radius 2 is 2.08 bits per heavy atom. The Kier molecular flexibility index (Phi) is 4.35. The Morgan fingerprint density at radius 3 is 2.77 bits per heavy atom. The summed E-state index contributed by atoms with van der Waals surface area (Å²) in [6, 6.07) is 13.7. The molecule has 1 N–H and O–H groups in total. The van der Waals surface area contributed by atoms with E-state index in [1.807, 2.05) is 60.5 Å². The van der Waals surface area contributed by atoms with Gasteiger partial charge in [-0.3, -0.25) is 4.79 Å². The molecule has 4 rings (SSSR count). The van der Waals surface area contributed by atoms with Crippen molar-refractivity contribution in [3.05, 3.63) is 59.9 Å². The molecule has 1 saturated heterocycles. The van der Waals surface area contributed by atoms with E-state index < -0.39 is 0 Å². The van der Waals surface area contributed by atoms with E-state index in [2.05, 4.69) is 20.6 Å². The molecule has 1 fully saturated rings. The van der Waals surface area contributed by atoms with Gasteiger partial charge in [-0.05, 0) is 49.2 Å². The summed E-state index contributed by atoms with van der Waals surface area (Å²) in [6.07, 6.45) is 3.43. The molecule has 2 aromatic heterocycles. The maximum absolute atomic E-state index is 11.9. The number of hydrogen-bond acceptors (Lipinski definition) is 5. The molecule has 1 aromatic carbocycles. The first-order valence-electron chi connectivity index (χ1n) is 8.68. The van der Waals surface area contributed by atoms with Gasteiger partial charge in [0.1, 0.15) is 5.82 Å². The maximum atomic E-state index is 11.9. The molecule has 7 nitrogen and oxygen atoms in total. The third-order valence-corrected chi connectivity index (χ3v) is 4.38. The number of nitrogens with one attached hydrogen (secondary N) is 1. The Morgan fingerprint density at radius 1 is 1.15 bits per heavy atom. The second-order valence-electron chi connectivity index (χ2n) is 6.35. The predicted octanol–water partition coefficient (Wildman–Crippen LogP) is 2.71. The first kappa shape index (κ1) is 16.3. The summed E-state index contributed by atoms with van der Waals surface area (Å²) >= 11 is 0. The number of hydrogen-bond donors (Lipinski definition) is 1. The monoisotopic (exact) mass is 348 g/mol. The van der Waals surface area contributed by atoms with Crippen LogP contribution in [0.15, 0.2) is 48.7 Å². The average Bonchev–Trinajstić information content (AvgIpc) is 3.29. The molecule has 0 aliphatic carbocycles. The quantitative estimate of drug-likeness (QED) is 0.767. The van der Waals surface area contributed by atoms with Crippen molar-refractivity contribution in [2.75, 3.05) is 16.8 Å². The van der Waals surface area contributed by atoms with Crippen LogP contribution in [0.1, 0.15) is 24.1 Å². The van der Waals surface area contributed by atoms with E-state index in [1.165, 1.54) is 0 Å². The number of carbonyl (C=O) groups excluding carboxylic acids is 1. The standard InChI is InChI=1S/C19H20N6O/c1-14-9-11-25(23-14)18-8-7-17(21-22-18)20-13-15-4-2-5-16(12-15)24-10-3-6-19(24)26/h2,4-5,7-9,11-12H,3,6,10,13H2,1H3,(H,20,21). The van der Waals surface area contributed by atoms with Gasteiger partial charge in [-0.1, -0.05) is 12.1 Å². The van der Waals surface area contributed by atoms with Crippen LogP contribution >= 0.6 is 0 Å². The highest BCUT2D eigenvalue weighted by Crippen LogP contribution is 2.22. The van der Waals surface area contributed by atoms with Gasteiger partial charge in [0, 0.05) is 31.4 Å². The average molecular weight is 348 g/mol. The van der Waals surface area contributed by atoms with Gasteiger partial charge in [0.15, 0.2) is 5.82 Å². The Hall–Kier alpha value is -3.22. The van der Waals surface area contributed by atoms with E-state index in [4.69, 9.17) is 0 Å². The Balaban J connectivity index is 1.42. The normalized spacial score (nSPS) is 14.0. The fourth-order valence-electron chi connectivity index (χ4n) is 3.03. The van der Waals surface area contributed by atoms with Crippen molar-refractivity contribution in [2.45, 2.75) is 26.3 Å². The molecule has 0 atom stereocenters. The molecule has 1 amide bonds. The number of nitrogens with zero attached hydrogens (tertiary/aromatic N) is 5. The van der Waals surface area contributed by atoms with Gasteiger partial charge in [-0.15, -0.1) is 10.2 Å². The maximum Gasteiger partial charge on any atom is 0.227 e. The first-order chi connectivity index (χ1) is 12.7. The van der Waals surface area contributed by atoms with Gasteiger partial charge in [0.2, 0.25) is 5.91 Å². The largest absolute Gasteiger partial charge is 0.365 e. The van der Waals surface area contributed by atoms with E-state index in [1.54, 1.807) is 4.68 Å². The Bertz CT molecular complexity index is 918. The lowest BCUT2D eigenvalue weighted by molar-refractivity contribution is -0.117. The zero-order valence-electron chi connectivity index (χ0n) is 14.6. The van der Waals surface area contributed by atoms with E-state index in [-0.39, 0.29) is 5.91 Å². The second kappa shape index (κ2) is 6.95. The number of aryl methyl sites for hydroxylation is 1. The van der Waals surface area contributed by atoms with Crippen LogP contribution in [0.25, 0.3) is 5.82 Å². The Labute approximate surface area is 151 Å². The van der Waals surface area contributed by atoms with Crippen LogP contribution in [-0.2, 0) is 11.3 Å². The summed E-state index contributed by atoms with van der Waals surface area (Å²) in [5.74, 6) is 1.57. The number of amides is 1. The SMILES string of the molecule is Cc1ccn(-c2ccc(NCc3cccc(N4CCCC4=O)c3)nn2)n1. The molecular weight excluding hydrogens is 328 g/mol. The zero-order valence-corrected chi connectivity index (χ0v) is 14.6. The molecule has 0 unspecified atom stereocenters. The fraction of sp³-hybridized carbons (Fsp3) is 0.263. The zero-order chi connectivity index (χ0) is 17.9. The van der Waals surface area contributed by atoms with Crippen LogP contribution in [0, 0.1) is 6.92 Å². The number of anilines is 2. The van der Waals surface area contributed by atoms with E-state index >= 15 is 0 Å². The molecule has 1 aliphatic heterocycles. The molecule has 0 bridgehead atoms. The van der Waals surface area contributed by atoms with Crippen molar-refractivity contribution >= 4 is 17.4 Å². The molecule has 3 aromatic rings. The minimum absolute atomic E-state index is 0.199. The summed E-state index contributed by atoms with van der Waals surface area (Å²) in [6.45, 7) is 3.35. The van der Waals surface area contributed by atoms with Crippen molar-refractivity contribution in [3.63, 3.8) is 0 Å². The summed E-state index contributed by atoms with van der Waals surface area (Å²) in [7, 11) is 0. The molecule has 132 valence electrons. The number of rotatable bonds is 5. The van der Waals surface area contributed by atoms with Crippen LogP contribution in [0.3, 0.4) is 0 Å². The van der Waals surface area contributed by atoms with E-state index in [0.29, 0.717) is 24.6 Å². The summed E-state index contributed by atoms with van der Waals surface area (Å²) in [4.78, 5) is 13.8. The highest BCUT2D eigenvalue weighted by molar-refractivity contribution is 5.95. The molecule has 1 aliphatic rings. The topological polar surface area (TPSA) is 75.9 Å². The lowest BCUT2D eigenvalue weighted by Crippen LogP contribution is -2.23. The summed E-state index contributed by atoms with van der Waals surface area (Å²) in [5, 5.41) is 16.0. The number of aromatic nitrogens is 4. The minimum Gasteiger partial charge on any atom is -0.365 e. The highest BCUT2D eigenvalue weighted by atomic mass is 16.2. The first-order valence-corrected chi connectivity index (χ1v) is 8.68. The van der Waals surface area contributed by atoms with Crippen LogP contribution in [0.2, 0.25) is 0 Å². The van der Waals surface area contributed by atoms with Gasteiger partial charge in [0.25, 0.3) is 0 Å². The van der Waals surface area contributed by atoms with Crippen molar-refractivity contribution in [1.29, 1.82) is 0 Å². The number of carbonyl (C=O) groups is 1. The van der Waals surface area contributed by atoms with E-state index in [0.717, 1.165) is 29.9 Å². The van der Waals surface area contributed by atoms with Crippen molar-refractivity contribution in [2.24, 2.45) is 0 Å². The number of benzene rings is 1. The van der Waals surface area contributed by atoms with Crippen LogP contribution in [0.5, 0.6) is 0 Å². The summed E-state index contributed by atoms with van der Waals surface area (Å²) in [5.41, 5.74) is 2.99. The molecule has 7 heteroatoms. The highest BCUT2D eigenvalue weighted by Gasteiger charge is 2.21. The van der Waals surface area contributed by atoms with Gasteiger partial charge < -0.3 is 10.2 Å². The molecule has 0 saturated carbocycles. The van der Waals surface area contributed by atoms with Crippen molar-refractivity contribution < 1.29 is 4.79 Å². The van der Waals surface area contributed by atoms with Crippen molar-refractivity contribution in [1.82, 2.24) is 20.0 Å². The van der Waals surface area contributed by atoms with Gasteiger partial charge in [-0.2, -0.15) is 5.10 Å². The third-order valence-electron chi connectivity index (χ3n) is 4.38. The summed E-state index contributed by atoms with van der Waals surface area (Å²) < 4.78 is 1.70. The predicted molar refractivity (Wildman–Crippen MR) is 99.2 cm³/mol. The van der Waals surface area contributed by atoms with Crippen LogP contribution in [0.4, 0.5) is 11.5 Å². The second-order valence-corrected chi connectivity index (χ2v) is 6.35. The molecular formula is C19H20N6O. The van der Waals surface area contributed by atoms with Crippen LogP contribution < -0.4 is 10.2 Å². The minimum atomic E-state index is 0.199. The lowest BCUT2D eigenvalue weighted by atomic mass is 10.2. The van der Waals surface area contributed by atoms with Gasteiger partial charge >= 0.3 is 0 Å². The van der Waals surface area contributed by atoms with Gasteiger partial charge in [0.05, 0.1) is 5.69 Å². The molecule has 26 heavy (non-hydrogen) atoms.